The number of aromatic nitrogens is 4. The fraction of sp³-hybridized carbons (Fsp3) is 0.269. The van der Waals surface area contributed by atoms with Gasteiger partial charge in [0.25, 0.3) is 5.56 Å². The number of aliphatic imine (C=N–C) groups is 1. The van der Waals surface area contributed by atoms with E-state index in [1.54, 1.807) is 0 Å². The molecule has 37 heavy (non-hydrogen) atoms. The zero-order chi connectivity index (χ0) is 26.4. The molecule has 192 valence electrons. The number of nitrogens with zero attached hydrogens (tertiary/aromatic N) is 6. The molecular formula is C26H29N7O4. The summed E-state index contributed by atoms with van der Waals surface area (Å²) < 4.78 is 3.33. The molecule has 1 aliphatic rings. The van der Waals surface area contributed by atoms with Gasteiger partial charge in [-0.3, -0.25) is 23.7 Å². The maximum atomic E-state index is 11.9. The number of carboxylic acids is 1. The molecule has 0 fully saturated rings. The Morgan fingerprint density at radius 2 is 1.68 bits per heavy atom. The van der Waals surface area contributed by atoms with Gasteiger partial charge < -0.3 is 19.9 Å². The number of aliphatic carboxylic acids is 1. The predicted molar refractivity (Wildman–Crippen MR) is 142 cm³/mol. The number of amidine groups is 1. The first-order valence-corrected chi connectivity index (χ1v) is 11.8. The van der Waals surface area contributed by atoms with Crippen LogP contribution in [0.5, 0.6) is 0 Å². The van der Waals surface area contributed by atoms with Crippen LogP contribution in [0.15, 0.2) is 81.6 Å². The number of para-hydroxylation sites is 1. The number of hydrogen-bond acceptors (Lipinski definition) is 7. The summed E-state index contributed by atoms with van der Waals surface area (Å²) in [6, 6.07) is 21.1. The van der Waals surface area contributed by atoms with E-state index in [1.165, 1.54) is 40.8 Å². The molecule has 0 atom stereocenters. The van der Waals surface area contributed by atoms with E-state index >= 15 is 0 Å². The van der Waals surface area contributed by atoms with Crippen LogP contribution in [-0.4, -0.2) is 55.2 Å². The van der Waals surface area contributed by atoms with Crippen molar-refractivity contribution in [1.29, 1.82) is 0 Å². The number of hydrogen-bond donors (Lipinski definition) is 2. The summed E-state index contributed by atoms with van der Waals surface area (Å²) in [5, 5.41) is 12.1. The number of benzene rings is 2. The van der Waals surface area contributed by atoms with Gasteiger partial charge in [-0.15, -0.1) is 0 Å². The summed E-state index contributed by atoms with van der Waals surface area (Å²) >= 11 is 0. The molecule has 0 radical (unpaired) electrons. The molecule has 0 saturated heterocycles. The molecule has 0 bridgehead atoms. The summed E-state index contributed by atoms with van der Waals surface area (Å²) in [7, 11) is 2.81. The number of rotatable bonds is 7. The maximum Gasteiger partial charge on any atom is 0.332 e. The second kappa shape index (κ2) is 11.4. The van der Waals surface area contributed by atoms with Crippen LogP contribution in [-0.2, 0) is 32.0 Å². The lowest BCUT2D eigenvalue weighted by molar-refractivity contribution is -0.137. The van der Waals surface area contributed by atoms with Crippen molar-refractivity contribution in [1.82, 2.24) is 24.0 Å². The Kier molecular flexibility index (Phi) is 7.82. The van der Waals surface area contributed by atoms with E-state index in [0.717, 1.165) is 36.6 Å². The molecule has 2 aromatic carbocycles. The smallest absolute Gasteiger partial charge is 0.332 e. The summed E-state index contributed by atoms with van der Waals surface area (Å²) in [6.45, 7) is 3.21. The molecule has 11 heteroatoms. The van der Waals surface area contributed by atoms with E-state index in [-0.39, 0.29) is 17.7 Å². The van der Waals surface area contributed by atoms with E-state index in [9.17, 15) is 14.4 Å². The van der Waals surface area contributed by atoms with E-state index in [1.807, 2.05) is 0 Å². The zero-order valence-corrected chi connectivity index (χ0v) is 20.7. The van der Waals surface area contributed by atoms with Gasteiger partial charge in [-0.2, -0.15) is 0 Å². The Morgan fingerprint density at radius 3 is 2.30 bits per heavy atom. The molecule has 0 spiro atoms. The molecule has 11 nitrogen and oxygen atoms in total. The van der Waals surface area contributed by atoms with Crippen LogP contribution in [0.2, 0.25) is 0 Å². The average molecular weight is 504 g/mol. The number of imidazole rings is 1. The standard InChI is InChI=1S/C17H19N3.C9H10N4O4/c1-3-7-15(8-4-1)13-20(14-17-18-11-12-19-17)16-9-5-2-6-10-16;1-11-7-6(8(16)12(2)9(11)17)13(4-10-7)3-5(14)15/h1-10H,11-14H2,(H,18,19);4H,3H2,1-2H3,(H,14,15). The quantitative estimate of drug-likeness (QED) is 0.388. The first-order chi connectivity index (χ1) is 17.8. The van der Waals surface area contributed by atoms with Gasteiger partial charge in [0.1, 0.15) is 12.4 Å². The molecule has 1 aliphatic heterocycles. The number of anilines is 1. The van der Waals surface area contributed by atoms with Crippen molar-refractivity contribution in [2.75, 3.05) is 24.5 Å². The fourth-order valence-electron chi connectivity index (χ4n) is 4.08. The third-order valence-electron chi connectivity index (χ3n) is 5.94. The number of carboxylic acid groups (broad SMARTS) is 1. The van der Waals surface area contributed by atoms with Crippen molar-refractivity contribution < 1.29 is 9.90 Å². The van der Waals surface area contributed by atoms with Gasteiger partial charge in [0, 0.05) is 32.9 Å². The van der Waals surface area contributed by atoms with E-state index < -0.39 is 17.2 Å². The number of fused-ring (bicyclic) bond motifs is 1. The Balaban J connectivity index is 0.000000176. The molecular weight excluding hydrogens is 474 g/mol. The largest absolute Gasteiger partial charge is 0.480 e. The van der Waals surface area contributed by atoms with Crippen LogP contribution in [0, 0.1) is 0 Å². The molecule has 2 N–H and O–H groups in total. The lowest BCUT2D eigenvalue weighted by Gasteiger charge is -2.25. The number of nitrogens with one attached hydrogen (secondary N) is 1. The highest BCUT2D eigenvalue weighted by atomic mass is 16.4. The van der Waals surface area contributed by atoms with Gasteiger partial charge in [0.2, 0.25) is 0 Å². The third kappa shape index (κ3) is 5.95. The summed E-state index contributed by atoms with van der Waals surface area (Å²) in [5.41, 5.74) is 1.78. The molecule has 0 aliphatic carbocycles. The molecule has 2 aromatic heterocycles. The van der Waals surface area contributed by atoms with Gasteiger partial charge in [-0.05, 0) is 17.7 Å². The second-order valence-electron chi connectivity index (χ2n) is 8.58. The van der Waals surface area contributed by atoms with Gasteiger partial charge in [0.15, 0.2) is 11.2 Å². The summed E-state index contributed by atoms with van der Waals surface area (Å²) in [4.78, 5) is 44.8. The van der Waals surface area contributed by atoms with E-state index in [2.05, 4.69) is 80.9 Å². The van der Waals surface area contributed by atoms with Crippen LogP contribution < -0.4 is 21.5 Å². The minimum absolute atomic E-state index is 0.108. The van der Waals surface area contributed by atoms with Crippen LogP contribution in [0.1, 0.15) is 5.56 Å². The lowest BCUT2D eigenvalue weighted by Crippen LogP contribution is -2.37. The van der Waals surface area contributed by atoms with Crippen LogP contribution in [0.3, 0.4) is 0 Å². The normalized spacial score (nSPS) is 12.4. The highest BCUT2D eigenvalue weighted by Gasteiger charge is 2.15. The Bertz CT molecular complexity index is 1520. The van der Waals surface area contributed by atoms with Crippen molar-refractivity contribution >= 4 is 28.7 Å². The van der Waals surface area contributed by atoms with Gasteiger partial charge >= 0.3 is 11.7 Å². The van der Waals surface area contributed by atoms with Crippen LogP contribution >= 0.6 is 0 Å². The fourth-order valence-corrected chi connectivity index (χ4v) is 4.08. The highest BCUT2D eigenvalue weighted by molar-refractivity contribution is 5.88. The molecule has 0 saturated carbocycles. The van der Waals surface area contributed by atoms with Crippen LogP contribution in [0.4, 0.5) is 5.69 Å². The topological polar surface area (TPSA) is 127 Å². The van der Waals surface area contributed by atoms with Crippen molar-refractivity contribution in [2.24, 2.45) is 19.1 Å². The van der Waals surface area contributed by atoms with Crippen molar-refractivity contribution in [3.8, 4) is 0 Å². The van der Waals surface area contributed by atoms with Gasteiger partial charge in [0.05, 0.1) is 19.4 Å². The third-order valence-corrected chi connectivity index (χ3v) is 5.94. The Morgan fingerprint density at radius 1 is 1.00 bits per heavy atom. The summed E-state index contributed by atoms with van der Waals surface area (Å²) in [6.07, 6.45) is 1.24. The zero-order valence-electron chi connectivity index (χ0n) is 20.7. The number of aryl methyl sites for hydroxylation is 1. The van der Waals surface area contributed by atoms with E-state index in [0.29, 0.717) is 0 Å². The van der Waals surface area contributed by atoms with Crippen molar-refractivity contribution in [3.05, 3.63) is 93.4 Å². The Labute approximate surface area is 212 Å². The molecule has 4 aromatic rings. The maximum absolute atomic E-state index is 11.9. The molecule has 0 amide bonds. The molecule has 5 rings (SSSR count). The Hall–Kier alpha value is -4.67. The lowest BCUT2D eigenvalue weighted by atomic mass is 10.2. The van der Waals surface area contributed by atoms with Crippen molar-refractivity contribution in [2.45, 2.75) is 13.1 Å². The first-order valence-electron chi connectivity index (χ1n) is 11.8. The van der Waals surface area contributed by atoms with Gasteiger partial charge in [-0.1, -0.05) is 48.5 Å². The highest BCUT2D eigenvalue weighted by Crippen LogP contribution is 2.17. The average Bonchev–Trinajstić information content (AvgIpc) is 3.57. The molecule has 3 heterocycles. The van der Waals surface area contributed by atoms with Crippen LogP contribution in [0.25, 0.3) is 11.2 Å². The van der Waals surface area contributed by atoms with Crippen molar-refractivity contribution in [3.63, 3.8) is 0 Å². The predicted octanol–water partition coefficient (Wildman–Crippen LogP) is 1.21. The van der Waals surface area contributed by atoms with Gasteiger partial charge in [-0.25, -0.2) is 9.78 Å². The minimum atomic E-state index is -1.08. The minimum Gasteiger partial charge on any atom is -0.480 e. The monoisotopic (exact) mass is 503 g/mol. The SMILES string of the molecule is Cn1c(=O)c2c(ncn2CC(=O)O)n(C)c1=O.c1ccc(CN(CC2=NCCN2)c2ccccc2)cc1. The first kappa shape index (κ1) is 25.4. The van der Waals surface area contributed by atoms with E-state index in [4.69, 9.17) is 5.11 Å². The summed E-state index contributed by atoms with van der Waals surface area (Å²) in [5.74, 6) is 0.00462. The molecule has 0 unspecified atom stereocenters. The second-order valence-corrected chi connectivity index (χ2v) is 8.58. The number of carbonyl (C=O) groups is 1.